The topological polar surface area (TPSA) is 20.3 Å². The van der Waals surface area contributed by atoms with Crippen LogP contribution in [0.15, 0.2) is 22.7 Å². The van der Waals surface area contributed by atoms with Crippen molar-refractivity contribution in [2.45, 2.75) is 18.7 Å². The number of alkyl halides is 1. The smallest absolute Gasteiger partial charge is 0.256 e. The van der Waals surface area contributed by atoms with E-state index in [-0.39, 0.29) is 16.8 Å². The predicted molar refractivity (Wildman–Crippen MR) is 71.0 cm³/mol. The van der Waals surface area contributed by atoms with Gasteiger partial charge in [-0.05, 0) is 31.5 Å². The molecule has 1 aromatic rings. The first-order valence-electron chi connectivity index (χ1n) is 5.26. The number of nitrogens with zero attached hydrogens (tertiary/aromatic N) is 1. The molecule has 0 N–H and O–H groups in total. The molecule has 2 nitrogen and oxygen atoms in total. The fourth-order valence-corrected chi connectivity index (χ4v) is 1.77. The van der Waals surface area contributed by atoms with Crippen LogP contribution in [-0.4, -0.2) is 29.8 Å². The Morgan fingerprint density at radius 3 is 2.76 bits per heavy atom. The van der Waals surface area contributed by atoms with E-state index in [1.807, 2.05) is 6.92 Å². The highest BCUT2D eigenvalue weighted by atomic mass is 79.9. The number of carbonyl (C=O) groups is 1. The fraction of sp³-hybridized carbons (Fsp3) is 0.417. The number of benzene rings is 1. The van der Waals surface area contributed by atoms with Crippen molar-refractivity contribution in [2.75, 3.05) is 13.6 Å². The third-order valence-corrected chi connectivity index (χ3v) is 3.08. The zero-order valence-electron chi connectivity index (χ0n) is 9.71. The van der Waals surface area contributed by atoms with Gasteiger partial charge < -0.3 is 4.90 Å². The number of halogens is 3. The van der Waals surface area contributed by atoms with Crippen molar-refractivity contribution < 1.29 is 9.18 Å². The summed E-state index contributed by atoms with van der Waals surface area (Å²) in [5.74, 6) is -0.845. The average molecular weight is 323 g/mol. The van der Waals surface area contributed by atoms with E-state index in [9.17, 15) is 9.18 Å². The van der Waals surface area contributed by atoms with Crippen LogP contribution < -0.4 is 0 Å². The molecule has 0 aliphatic heterocycles. The van der Waals surface area contributed by atoms with Gasteiger partial charge >= 0.3 is 0 Å². The zero-order valence-corrected chi connectivity index (χ0v) is 12.1. The summed E-state index contributed by atoms with van der Waals surface area (Å²) < 4.78 is 14.2. The summed E-state index contributed by atoms with van der Waals surface area (Å²) in [7, 11) is 1.64. The van der Waals surface area contributed by atoms with Gasteiger partial charge in [0.1, 0.15) is 5.82 Å². The molecule has 0 saturated carbocycles. The Balaban J connectivity index is 2.75. The third kappa shape index (κ3) is 4.28. The van der Waals surface area contributed by atoms with Crippen molar-refractivity contribution in [3.63, 3.8) is 0 Å². The van der Waals surface area contributed by atoms with Crippen LogP contribution >= 0.6 is 27.5 Å². The standard InChI is InChI=1S/C12H14BrClFNO/c1-8(14)5-6-16(2)12(17)10-4-3-9(13)7-11(10)15/h3-4,7-8H,5-6H2,1-2H3. The summed E-state index contributed by atoms with van der Waals surface area (Å²) in [6.45, 7) is 2.37. The van der Waals surface area contributed by atoms with Gasteiger partial charge in [0.15, 0.2) is 0 Å². The lowest BCUT2D eigenvalue weighted by Gasteiger charge is -2.18. The molecule has 0 aromatic heterocycles. The number of hydrogen-bond donors (Lipinski definition) is 0. The minimum absolute atomic E-state index is 0.0000136. The van der Waals surface area contributed by atoms with Gasteiger partial charge in [0.2, 0.25) is 0 Å². The van der Waals surface area contributed by atoms with E-state index in [1.165, 1.54) is 17.0 Å². The molecule has 94 valence electrons. The Morgan fingerprint density at radius 1 is 1.59 bits per heavy atom. The lowest BCUT2D eigenvalue weighted by atomic mass is 10.2. The molecule has 1 unspecified atom stereocenters. The van der Waals surface area contributed by atoms with Crippen LogP contribution in [0.25, 0.3) is 0 Å². The second kappa shape index (κ2) is 6.36. The normalized spacial score (nSPS) is 12.3. The van der Waals surface area contributed by atoms with Crippen molar-refractivity contribution in [1.82, 2.24) is 4.90 Å². The van der Waals surface area contributed by atoms with E-state index in [2.05, 4.69) is 15.9 Å². The molecule has 17 heavy (non-hydrogen) atoms. The van der Waals surface area contributed by atoms with Crippen LogP contribution in [0.2, 0.25) is 0 Å². The van der Waals surface area contributed by atoms with Crippen LogP contribution in [0, 0.1) is 5.82 Å². The van der Waals surface area contributed by atoms with E-state index in [1.54, 1.807) is 13.1 Å². The number of amides is 1. The van der Waals surface area contributed by atoms with Crippen molar-refractivity contribution in [3.05, 3.63) is 34.1 Å². The highest BCUT2D eigenvalue weighted by molar-refractivity contribution is 9.10. The summed E-state index contributed by atoms with van der Waals surface area (Å²) >= 11 is 8.96. The monoisotopic (exact) mass is 321 g/mol. The van der Waals surface area contributed by atoms with Crippen molar-refractivity contribution in [2.24, 2.45) is 0 Å². The summed E-state index contributed by atoms with van der Waals surface area (Å²) in [6, 6.07) is 4.40. The molecule has 1 amide bonds. The zero-order chi connectivity index (χ0) is 13.0. The van der Waals surface area contributed by atoms with Gasteiger partial charge in [-0.2, -0.15) is 0 Å². The molecule has 1 atom stereocenters. The van der Waals surface area contributed by atoms with Crippen molar-refractivity contribution in [3.8, 4) is 0 Å². The lowest BCUT2D eigenvalue weighted by molar-refractivity contribution is 0.0789. The highest BCUT2D eigenvalue weighted by Crippen LogP contribution is 2.16. The molecule has 0 fully saturated rings. The molecular formula is C12H14BrClFNO. The summed E-state index contributed by atoms with van der Waals surface area (Å²) in [5.41, 5.74) is 0.0814. The molecule has 5 heteroatoms. The second-order valence-corrected chi connectivity index (χ2v) is 5.58. The maximum Gasteiger partial charge on any atom is 0.256 e. The van der Waals surface area contributed by atoms with Gasteiger partial charge in [-0.25, -0.2) is 4.39 Å². The first-order valence-corrected chi connectivity index (χ1v) is 6.49. The highest BCUT2D eigenvalue weighted by Gasteiger charge is 2.16. The van der Waals surface area contributed by atoms with Gasteiger partial charge in [0, 0.05) is 23.4 Å². The molecule has 0 aliphatic carbocycles. The van der Waals surface area contributed by atoms with Crippen LogP contribution in [-0.2, 0) is 0 Å². The van der Waals surface area contributed by atoms with Crippen LogP contribution in [0.5, 0.6) is 0 Å². The summed E-state index contributed by atoms with van der Waals surface area (Å²) in [6.07, 6.45) is 0.682. The molecule has 0 spiro atoms. The Hall–Kier alpha value is -0.610. The third-order valence-electron chi connectivity index (χ3n) is 2.37. The van der Waals surface area contributed by atoms with E-state index >= 15 is 0 Å². The lowest BCUT2D eigenvalue weighted by Crippen LogP contribution is -2.29. The number of rotatable bonds is 4. The van der Waals surface area contributed by atoms with E-state index in [0.29, 0.717) is 17.4 Å². The van der Waals surface area contributed by atoms with Crippen LogP contribution in [0.1, 0.15) is 23.7 Å². The van der Waals surface area contributed by atoms with Crippen molar-refractivity contribution >= 4 is 33.4 Å². The number of carbonyl (C=O) groups excluding carboxylic acids is 1. The maximum absolute atomic E-state index is 13.6. The maximum atomic E-state index is 13.6. The van der Waals surface area contributed by atoms with Gasteiger partial charge in [0.25, 0.3) is 5.91 Å². The van der Waals surface area contributed by atoms with E-state index in [0.717, 1.165) is 0 Å². The Kier molecular flexibility index (Phi) is 5.40. The molecule has 0 saturated heterocycles. The van der Waals surface area contributed by atoms with E-state index < -0.39 is 5.82 Å². The summed E-state index contributed by atoms with van der Waals surface area (Å²) in [4.78, 5) is 13.4. The molecule has 0 radical (unpaired) electrons. The van der Waals surface area contributed by atoms with Gasteiger partial charge in [-0.1, -0.05) is 15.9 Å². The quantitative estimate of drug-likeness (QED) is 0.774. The average Bonchev–Trinajstić information content (AvgIpc) is 2.25. The first kappa shape index (κ1) is 14.5. The molecular weight excluding hydrogens is 308 g/mol. The van der Waals surface area contributed by atoms with Gasteiger partial charge in [0.05, 0.1) is 5.56 Å². The molecule has 1 rings (SSSR count). The minimum Gasteiger partial charge on any atom is -0.342 e. The van der Waals surface area contributed by atoms with Crippen LogP contribution in [0.3, 0.4) is 0 Å². The molecule has 0 bridgehead atoms. The predicted octanol–water partition coefficient (Wildman–Crippen LogP) is 3.68. The van der Waals surface area contributed by atoms with Crippen molar-refractivity contribution in [1.29, 1.82) is 0 Å². The van der Waals surface area contributed by atoms with Crippen LogP contribution in [0.4, 0.5) is 4.39 Å². The fourth-order valence-electron chi connectivity index (χ4n) is 1.34. The minimum atomic E-state index is -0.518. The first-order chi connectivity index (χ1) is 7.91. The molecule has 0 aliphatic rings. The Bertz CT molecular complexity index is 411. The second-order valence-electron chi connectivity index (χ2n) is 3.92. The largest absolute Gasteiger partial charge is 0.342 e. The van der Waals surface area contributed by atoms with Gasteiger partial charge in [-0.3, -0.25) is 4.79 Å². The Labute approximate surface area is 114 Å². The SMILES string of the molecule is CC(Cl)CCN(C)C(=O)c1ccc(Br)cc1F. The molecule has 1 aromatic carbocycles. The molecule has 0 heterocycles. The number of hydrogen-bond acceptors (Lipinski definition) is 1. The van der Waals surface area contributed by atoms with E-state index in [4.69, 9.17) is 11.6 Å². The summed E-state index contributed by atoms with van der Waals surface area (Å²) in [5, 5.41) is 0.0000136. The Morgan fingerprint density at radius 2 is 2.24 bits per heavy atom. The van der Waals surface area contributed by atoms with Gasteiger partial charge in [-0.15, -0.1) is 11.6 Å².